The second-order valence-corrected chi connectivity index (χ2v) is 10.8. The first-order chi connectivity index (χ1) is 16.1. The lowest BCUT2D eigenvalue weighted by Crippen LogP contribution is -2.13. The van der Waals surface area contributed by atoms with Crippen LogP contribution < -0.4 is 4.72 Å². The number of sulfone groups is 1. The van der Waals surface area contributed by atoms with Crippen molar-refractivity contribution in [3.05, 3.63) is 78.4 Å². The molecule has 0 saturated heterocycles. The van der Waals surface area contributed by atoms with E-state index in [9.17, 15) is 25.6 Å². The van der Waals surface area contributed by atoms with Crippen molar-refractivity contribution < 1.29 is 30.0 Å². The summed E-state index contributed by atoms with van der Waals surface area (Å²) in [6, 6.07) is 17.3. The van der Waals surface area contributed by atoms with Gasteiger partial charge in [-0.3, -0.25) is 4.72 Å². The molecule has 0 amide bonds. The number of para-hydroxylation sites is 1. The summed E-state index contributed by atoms with van der Waals surface area (Å²) in [7, 11) is -8.62. The van der Waals surface area contributed by atoms with Crippen LogP contribution in [0.15, 0.2) is 87.0 Å². The Morgan fingerprint density at radius 1 is 0.794 bits per heavy atom. The van der Waals surface area contributed by atoms with E-state index in [0.29, 0.717) is 11.1 Å². The number of aryl methyl sites for hydroxylation is 1. The molecule has 1 N–H and O–H groups in total. The first-order valence-corrected chi connectivity index (χ1v) is 12.8. The Morgan fingerprint density at radius 3 is 2.03 bits per heavy atom. The van der Waals surface area contributed by atoms with Gasteiger partial charge < -0.3 is 4.42 Å². The Labute approximate surface area is 194 Å². The SMILES string of the molecule is Cc1ccc(S(=O)(=O)Nc2ccccc2-c2nnc(-c3ccc(S(=O)(=O)C(F)F)cc3)o2)cc1. The van der Waals surface area contributed by atoms with Crippen LogP contribution in [0, 0.1) is 6.92 Å². The number of halogens is 2. The van der Waals surface area contributed by atoms with Crippen LogP contribution in [0.1, 0.15) is 5.56 Å². The highest BCUT2D eigenvalue weighted by molar-refractivity contribution is 7.92. The average Bonchev–Trinajstić information content (AvgIpc) is 3.29. The maximum absolute atomic E-state index is 12.8. The maximum atomic E-state index is 12.8. The van der Waals surface area contributed by atoms with Crippen LogP contribution in [0.25, 0.3) is 22.9 Å². The van der Waals surface area contributed by atoms with Crippen LogP contribution in [0.2, 0.25) is 0 Å². The van der Waals surface area contributed by atoms with Gasteiger partial charge in [0, 0.05) is 5.56 Å². The second-order valence-electron chi connectivity index (χ2n) is 7.21. The van der Waals surface area contributed by atoms with E-state index in [-0.39, 0.29) is 22.4 Å². The Morgan fingerprint density at radius 2 is 1.38 bits per heavy atom. The molecular weight excluding hydrogens is 488 g/mol. The number of aromatic nitrogens is 2. The van der Waals surface area contributed by atoms with E-state index < -0.39 is 30.5 Å². The second kappa shape index (κ2) is 8.95. The van der Waals surface area contributed by atoms with Crippen LogP contribution >= 0.6 is 0 Å². The predicted octanol–water partition coefficient (Wildman–Crippen LogP) is 4.51. The Hall–Kier alpha value is -3.64. The van der Waals surface area contributed by atoms with E-state index in [4.69, 9.17) is 4.42 Å². The van der Waals surface area contributed by atoms with E-state index in [2.05, 4.69) is 14.9 Å². The summed E-state index contributed by atoms with van der Waals surface area (Å²) in [5.41, 5.74) is 1.73. The van der Waals surface area contributed by atoms with Crippen molar-refractivity contribution >= 4 is 25.5 Å². The van der Waals surface area contributed by atoms with Gasteiger partial charge in [-0.15, -0.1) is 10.2 Å². The minimum Gasteiger partial charge on any atom is -0.416 e. The highest BCUT2D eigenvalue weighted by Crippen LogP contribution is 2.31. The van der Waals surface area contributed by atoms with Gasteiger partial charge in [-0.05, 0) is 55.5 Å². The van der Waals surface area contributed by atoms with Gasteiger partial charge >= 0.3 is 5.76 Å². The summed E-state index contributed by atoms with van der Waals surface area (Å²) in [4.78, 5) is -0.459. The van der Waals surface area contributed by atoms with Gasteiger partial charge in [-0.25, -0.2) is 16.8 Å². The molecule has 0 spiro atoms. The van der Waals surface area contributed by atoms with Crippen LogP contribution in [-0.4, -0.2) is 32.8 Å². The molecule has 34 heavy (non-hydrogen) atoms. The molecule has 0 atom stereocenters. The fourth-order valence-electron chi connectivity index (χ4n) is 3.02. The summed E-state index contributed by atoms with van der Waals surface area (Å²) in [5, 5.41) is 7.85. The van der Waals surface area contributed by atoms with E-state index in [1.807, 2.05) is 6.92 Å². The molecule has 8 nitrogen and oxygen atoms in total. The third-order valence-electron chi connectivity index (χ3n) is 4.82. The molecule has 0 fully saturated rings. The molecule has 12 heteroatoms. The fraction of sp³-hybridized carbons (Fsp3) is 0.0909. The first kappa shape index (κ1) is 23.5. The fourth-order valence-corrected chi connectivity index (χ4v) is 4.82. The van der Waals surface area contributed by atoms with Crippen molar-refractivity contribution in [1.82, 2.24) is 10.2 Å². The molecular formula is C22H17F2N3O5S2. The lowest BCUT2D eigenvalue weighted by molar-refractivity contribution is 0.234. The van der Waals surface area contributed by atoms with Crippen molar-refractivity contribution in [3.8, 4) is 22.9 Å². The monoisotopic (exact) mass is 505 g/mol. The Bertz CT molecular complexity index is 1530. The van der Waals surface area contributed by atoms with Gasteiger partial charge in [0.2, 0.25) is 21.6 Å². The zero-order valence-corrected chi connectivity index (χ0v) is 19.1. The van der Waals surface area contributed by atoms with Gasteiger partial charge in [0.15, 0.2) is 0 Å². The van der Waals surface area contributed by atoms with Crippen molar-refractivity contribution in [1.29, 1.82) is 0 Å². The van der Waals surface area contributed by atoms with E-state index in [0.717, 1.165) is 17.7 Å². The standard InChI is InChI=1S/C22H17F2N3O5S2/c1-14-6-10-17(11-7-14)34(30,31)27-19-5-3-2-4-18(19)21-26-25-20(32-21)15-8-12-16(13-9-15)33(28,29)22(23)24/h2-13,22,27H,1H3. The van der Waals surface area contributed by atoms with Crippen LogP contribution in [0.4, 0.5) is 14.5 Å². The number of sulfonamides is 1. The lowest BCUT2D eigenvalue weighted by Gasteiger charge is -2.11. The molecule has 0 bridgehead atoms. The molecule has 1 heterocycles. The van der Waals surface area contributed by atoms with E-state index in [1.54, 1.807) is 30.3 Å². The zero-order chi connectivity index (χ0) is 24.5. The quantitative estimate of drug-likeness (QED) is 0.392. The maximum Gasteiger partial charge on any atom is 0.341 e. The summed E-state index contributed by atoms with van der Waals surface area (Å²) >= 11 is 0. The Kier molecular flexibility index (Phi) is 6.19. The van der Waals surface area contributed by atoms with Gasteiger partial charge in [-0.2, -0.15) is 8.78 Å². The van der Waals surface area contributed by atoms with Crippen LogP contribution in [0.3, 0.4) is 0 Å². The molecule has 0 radical (unpaired) electrons. The molecule has 4 rings (SSSR count). The number of benzene rings is 3. The van der Waals surface area contributed by atoms with Crippen molar-refractivity contribution in [2.24, 2.45) is 0 Å². The van der Waals surface area contributed by atoms with Crippen molar-refractivity contribution in [2.45, 2.75) is 22.5 Å². The number of hydrogen-bond donors (Lipinski definition) is 1. The minimum atomic E-state index is -4.73. The van der Waals surface area contributed by atoms with Crippen LogP contribution in [0.5, 0.6) is 0 Å². The van der Waals surface area contributed by atoms with Gasteiger partial charge in [0.25, 0.3) is 10.0 Å². The largest absolute Gasteiger partial charge is 0.416 e. The molecule has 0 aliphatic carbocycles. The molecule has 3 aromatic carbocycles. The third kappa shape index (κ3) is 4.68. The molecule has 0 unspecified atom stereocenters. The highest BCUT2D eigenvalue weighted by Gasteiger charge is 2.26. The summed E-state index contributed by atoms with van der Waals surface area (Å²) in [5.74, 6) is -3.54. The van der Waals surface area contributed by atoms with Gasteiger partial charge in [0.05, 0.1) is 21.0 Å². The molecule has 0 saturated carbocycles. The zero-order valence-electron chi connectivity index (χ0n) is 17.5. The normalized spacial score (nSPS) is 12.1. The molecule has 4 aromatic rings. The van der Waals surface area contributed by atoms with E-state index >= 15 is 0 Å². The van der Waals surface area contributed by atoms with Crippen molar-refractivity contribution in [3.63, 3.8) is 0 Å². The highest BCUT2D eigenvalue weighted by atomic mass is 32.2. The summed E-state index contributed by atoms with van der Waals surface area (Å²) in [6.45, 7) is 1.84. The molecule has 0 aliphatic rings. The van der Waals surface area contributed by atoms with Crippen molar-refractivity contribution in [2.75, 3.05) is 4.72 Å². The lowest BCUT2D eigenvalue weighted by atomic mass is 10.2. The Balaban J connectivity index is 1.63. The third-order valence-corrected chi connectivity index (χ3v) is 7.60. The number of hydrogen-bond acceptors (Lipinski definition) is 7. The number of rotatable bonds is 7. The number of alkyl halides is 2. The number of nitrogens with zero attached hydrogens (tertiary/aromatic N) is 2. The van der Waals surface area contributed by atoms with Gasteiger partial charge in [0.1, 0.15) is 0 Å². The first-order valence-electron chi connectivity index (χ1n) is 9.73. The summed E-state index contributed by atoms with van der Waals surface area (Å²) < 4.78 is 82.4. The topological polar surface area (TPSA) is 119 Å². The summed E-state index contributed by atoms with van der Waals surface area (Å²) in [6.07, 6.45) is 0. The smallest absolute Gasteiger partial charge is 0.341 e. The molecule has 0 aliphatic heterocycles. The predicted molar refractivity (Wildman–Crippen MR) is 120 cm³/mol. The van der Waals surface area contributed by atoms with E-state index in [1.165, 1.54) is 30.3 Å². The molecule has 1 aromatic heterocycles. The average molecular weight is 506 g/mol. The molecule has 176 valence electrons. The van der Waals surface area contributed by atoms with Gasteiger partial charge in [-0.1, -0.05) is 29.8 Å². The number of anilines is 1. The minimum absolute atomic E-state index is 0.00137. The van der Waals surface area contributed by atoms with Crippen LogP contribution in [-0.2, 0) is 19.9 Å². The number of nitrogens with one attached hydrogen (secondary N) is 1.